The number of rotatable bonds is 3. The third kappa shape index (κ3) is 3.69. The Hall–Kier alpha value is 1.72. The van der Waals surface area contributed by atoms with Crippen molar-refractivity contribution in [2.45, 2.75) is 0 Å². The summed E-state index contributed by atoms with van der Waals surface area (Å²) in [6, 6.07) is 0. The zero-order chi connectivity index (χ0) is 6.57. The summed E-state index contributed by atoms with van der Waals surface area (Å²) in [6.07, 6.45) is 0. The van der Waals surface area contributed by atoms with Crippen LogP contribution in [0.5, 0.6) is 0 Å². The summed E-state index contributed by atoms with van der Waals surface area (Å²) in [7, 11) is 4.02. The highest BCUT2D eigenvalue weighted by atomic mass is 32.6. The number of hydrogen-bond donors (Lipinski definition) is 0. The summed E-state index contributed by atoms with van der Waals surface area (Å²) in [5, 5.41) is 0. The molecule has 0 aliphatic heterocycles. The molecular weight excluding hydrogens is 172 g/mol. The maximum absolute atomic E-state index is 2.40. The van der Waals surface area contributed by atoms with Crippen LogP contribution in [0, 0.1) is 0 Å². The highest BCUT2D eigenvalue weighted by molar-refractivity contribution is 8.71. The molecule has 0 rings (SSSR count). The van der Waals surface area contributed by atoms with Gasteiger partial charge in [0.05, 0.1) is 0 Å². The smallest absolute Gasteiger partial charge is 0.0697 e. The molecule has 0 heterocycles. The molecule has 8 heavy (non-hydrogen) atoms. The topological polar surface area (TPSA) is 0 Å². The molecule has 2 atom stereocenters. The van der Waals surface area contributed by atoms with E-state index in [0.29, 0.717) is 14.6 Å². The molecule has 4 heteroatoms. The molecule has 0 aliphatic carbocycles. The molecule has 0 aromatic carbocycles. The molecule has 0 aromatic heterocycles. The molecule has 50 valence electrons. The van der Waals surface area contributed by atoms with Gasteiger partial charge >= 0.3 is 0 Å². The molecule has 0 amide bonds. The number of hydrogen-bond acceptors (Lipinski definition) is 0. The molecule has 0 radical (unpaired) electrons. The zero-order valence-electron chi connectivity index (χ0n) is 5.79. The van der Waals surface area contributed by atoms with Crippen molar-refractivity contribution in [3.05, 3.63) is 0 Å². The zero-order valence-corrected chi connectivity index (χ0v) is 9.37. The van der Waals surface area contributed by atoms with E-state index in [4.69, 9.17) is 0 Å². The molecule has 0 bridgehead atoms. The Morgan fingerprint density at radius 2 is 1.12 bits per heavy atom. The van der Waals surface area contributed by atoms with Gasteiger partial charge in [-0.15, -0.1) is 0 Å². The normalized spacial score (nSPS) is 21.0. The van der Waals surface area contributed by atoms with Crippen LogP contribution >= 0.6 is 31.1 Å². The molecule has 2 unspecified atom stereocenters. The third-order valence-electron chi connectivity index (χ3n) is 0.998. The third-order valence-corrected chi connectivity index (χ3v) is 18.3. The molecule has 0 saturated carbocycles. The average Bonchev–Trinajstić information content (AvgIpc) is 1.84. The van der Waals surface area contributed by atoms with E-state index >= 15 is 0 Å². The molecule has 0 fully saturated rings. The van der Waals surface area contributed by atoms with Crippen LogP contribution in [0.2, 0.25) is 0 Å². The van der Waals surface area contributed by atoms with Crippen molar-refractivity contribution in [3.63, 3.8) is 0 Å². The lowest BCUT2D eigenvalue weighted by atomic mass is 12.0. The minimum absolute atomic E-state index is 0.385. The minimum atomic E-state index is 0.385. The first kappa shape index (κ1) is 9.72. The molecule has 0 aliphatic rings. The van der Waals surface area contributed by atoms with Gasteiger partial charge in [-0.2, -0.15) is 13.3 Å². The van der Waals surface area contributed by atoms with Crippen LogP contribution in [0.3, 0.4) is 0 Å². The second kappa shape index (κ2) is 5.50. The Morgan fingerprint density at radius 3 is 1.25 bits per heavy atom. The van der Waals surface area contributed by atoms with E-state index < -0.39 is 0 Å². The summed E-state index contributed by atoms with van der Waals surface area (Å²) in [5.41, 5.74) is 0. The fourth-order valence-corrected chi connectivity index (χ4v) is 11.3. The van der Waals surface area contributed by atoms with Crippen LogP contribution in [0.15, 0.2) is 0 Å². The van der Waals surface area contributed by atoms with Gasteiger partial charge in [0.25, 0.3) is 0 Å². The summed E-state index contributed by atoms with van der Waals surface area (Å²) in [6.45, 7) is 9.35. The van der Waals surface area contributed by atoms with Gasteiger partial charge in [-0.05, 0) is 0 Å². The van der Waals surface area contributed by atoms with Crippen LogP contribution < -0.4 is 0 Å². The molecule has 0 aromatic rings. The highest BCUT2D eigenvalue weighted by Crippen LogP contribution is 2.81. The Morgan fingerprint density at radius 1 is 0.875 bits per heavy atom. The first-order valence-electron chi connectivity index (χ1n) is 2.39. The SMILES string of the molecule is C[P-]P(C)P(C)[P-]C. The van der Waals surface area contributed by atoms with Crippen molar-refractivity contribution in [3.8, 4) is 0 Å². The Bertz CT molecular complexity index is 48.0. The van der Waals surface area contributed by atoms with E-state index in [0.717, 1.165) is 0 Å². The van der Waals surface area contributed by atoms with Gasteiger partial charge in [-0.25, -0.2) is 0 Å². The fourth-order valence-electron chi connectivity index (χ4n) is 0.259. The van der Waals surface area contributed by atoms with Gasteiger partial charge in [0.15, 0.2) is 0 Å². The van der Waals surface area contributed by atoms with Crippen molar-refractivity contribution in [2.75, 3.05) is 26.7 Å². The lowest BCUT2D eigenvalue weighted by Gasteiger charge is -2.40. The Balaban J connectivity index is 3.29. The van der Waals surface area contributed by atoms with E-state index in [1.54, 1.807) is 16.5 Å². The van der Waals surface area contributed by atoms with Crippen LogP contribution in [0.4, 0.5) is 0 Å². The van der Waals surface area contributed by atoms with E-state index in [2.05, 4.69) is 26.7 Å². The largest absolute Gasteiger partial charge is 0.509 e. The molecule has 0 nitrogen and oxygen atoms in total. The quantitative estimate of drug-likeness (QED) is 0.579. The Kier molecular flexibility index (Phi) is 6.68. The standard InChI is InChI=1S/C4H12P4/c1-5-7(3)8(4)6-2/h1-4H3/q-2. The van der Waals surface area contributed by atoms with Crippen molar-refractivity contribution in [1.29, 1.82) is 0 Å². The van der Waals surface area contributed by atoms with Crippen molar-refractivity contribution in [1.82, 2.24) is 0 Å². The van der Waals surface area contributed by atoms with Crippen LogP contribution in [0.25, 0.3) is 0 Å². The van der Waals surface area contributed by atoms with Gasteiger partial charge in [-0.1, -0.05) is 13.3 Å². The fraction of sp³-hybridized carbons (Fsp3) is 1.00. The Labute approximate surface area is 58.3 Å². The summed E-state index contributed by atoms with van der Waals surface area (Å²) in [5.74, 6) is 0. The second-order valence-electron chi connectivity index (χ2n) is 1.38. The monoisotopic (exact) mass is 184 g/mol. The van der Waals surface area contributed by atoms with Gasteiger partial charge in [0.1, 0.15) is 0 Å². The lowest BCUT2D eigenvalue weighted by molar-refractivity contribution is 2.41. The van der Waals surface area contributed by atoms with Gasteiger partial charge in [-0.3, -0.25) is 14.6 Å². The summed E-state index contributed by atoms with van der Waals surface area (Å²) < 4.78 is 0. The maximum atomic E-state index is 2.40. The summed E-state index contributed by atoms with van der Waals surface area (Å²) in [4.78, 5) is 0. The van der Waals surface area contributed by atoms with Crippen molar-refractivity contribution >= 4 is 31.1 Å². The molecular formula is C4H12P4-2. The second-order valence-corrected chi connectivity index (χ2v) is 15.6. The van der Waals surface area contributed by atoms with Crippen LogP contribution in [0.1, 0.15) is 0 Å². The van der Waals surface area contributed by atoms with E-state index in [1.807, 2.05) is 0 Å². The van der Waals surface area contributed by atoms with Crippen molar-refractivity contribution < 1.29 is 0 Å². The first-order valence-corrected chi connectivity index (χ1v) is 10.8. The molecule has 0 saturated heterocycles. The summed E-state index contributed by atoms with van der Waals surface area (Å²) >= 11 is 0. The maximum Gasteiger partial charge on any atom is -0.0697 e. The van der Waals surface area contributed by atoms with Gasteiger partial charge < -0.3 is 16.5 Å². The average molecular weight is 184 g/mol. The predicted octanol–water partition coefficient (Wildman–Crippen LogP) is 4.11. The van der Waals surface area contributed by atoms with Crippen molar-refractivity contribution in [2.24, 2.45) is 0 Å². The lowest BCUT2D eigenvalue weighted by Crippen LogP contribution is -1.52. The van der Waals surface area contributed by atoms with Crippen LogP contribution in [-0.2, 0) is 0 Å². The van der Waals surface area contributed by atoms with E-state index in [9.17, 15) is 0 Å². The van der Waals surface area contributed by atoms with E-state index in [1.165, 1.54) is 0 Å². The van der Waals surface area contributed by atoms with Gasteiger partial charge in [0, 0.05) is 0 Å². The van der Waals surface area contributed by atoms with E-state index in [-0.39, 0.29) is 0 Å². The predicted molar refractivity (Wildman–Crippen MR) is 51.4 cm³/mol. The van der Waals surface area contributed by atoms with Crippen LogP contribution in [-0.4, -0.2) is 26.7 Å². The van der Waals surface area contributed by atoms with Gasteiger partial charge in [0.2, 0.25) is 0 Å². The molecule has 0 spiro atoms. The first-order chi connectivity index (χ1) is 3.72. The minimum Gasteiger partial charge on any atom is -0.509 e. The highest BCUT2D eigenvalue weighted by Gasteiger charge is 1.81. The molecule has 0 N–H and O–H groups in total.